The number of carbonyl (C=O) groups is 3. The summed E-state index contributed by atoms with van der Waals surface area (Å²) in [5.74, 6) is -2.30. The Balaban J connectivity index is 4.20. The fraction of sp³-hybridized carbons (Fsp3) is 0.717. The topological polar surface area (TPSA) is 111 Å². The Hall–Kier alpha value is -3.53. The van der Waals surface area contributed by atoms with E-state index in [2.05, 4.69) is 98.9 Å². The van der Waals surface area contributed by atoms with E-state index in [0.717, 1.165) is 96.3 Å². The van der Waals surface area contributed by atoms with Gasteiger partial charge in [-0.05, 0) is 89.9 Å². The van der Waals surface area contributed by atoms with Crippen LogP contribution in [0.3, 0.4) is 0 Å². The summed E-state index contributed by atoms with van der Waals surface area (Å²) in [6.45, 7) is 4.60. The van der Waals surface area contributed by atoms with Crippen molar-refractivity contribution in [3.63, 3.8) is 0 Å². The molecule has 0 fully saturated rings. The molecule has 0 aliphatic heterocycles. The van der Waals surface area contributed by atoms with E-state index in [1.807, 2.05) is 21.1 Å². The first kappa shape index (κ1) is 65.5. The van der Waals surface area contributed by atoms with Gasteiger partial charge < -0.3 is 33.3 Å². The van der Waals surface area contributed by atoms with Crippen molar-refractivity contribution in [2.45, 2.75) is 232 Å². The summed E-state index contributed by atoms with van der Waals surface area (Å²) in [7, 11) is 5.91. The average Bonchev–Trinajstić information content (AvgIpc) is 3.31. The SMILES string of the molecule is CC/C=C\C/C=C\C/C=C\C/C=C\C/C=C\C/C=C\CCCCCCCCCCCCCCC(=O)OC(COC(=O)CCCCCCC/C=C\CCCCCC)COC(OCC[N+](C)(C)C)C(=O)[O-]. The molecule has 0 N–H and O–H groups in total. The lowest BCUT2D eigenvalue weighted by molar-refractivity contribution is -0.870. The van der Waals surface area contributed by atoms with Crippen molar-refractivity contribution < 1.29 is 42.9 Å². The fourth-order valence-corrected chi connectivity index (χ4v) is 7.36. The number of likely N-dealkylation sites (N-methyl/N-ethyl adjacent to an activating group) is 1. The van der Waals surface area contributed by atoms with Gasteiger partial charge in [-0.15, -0.1) is 0 Å². The van der Waals surface area contributed by atoms with Gasteiger partial charge in [0.1, 0.15) is 13.2 Å². The number of hydrogen-bond acceptors (Lipinski definition) is 8. The second kappa shape index (κ2) is 50.8. The van der Waals surface area contributed by atoms with E-state index in [1.165, 1.54) is 89.9 Å². The van der Waals surface area contributed by atoms with Crippen molar-refractivity contribution in [3.8, 4) is 0 Å². The molecule has 0 amide bonds. The van der Waals surface area contributed by atoms with Gasteiger partial charge in [0.15, 0.2) is 12.4 Å². The van der Waals surface area contributed by atoms with Gasteiger partial charge in [0.25, 0.3) is 0 Å². The molecule has 0 saturated carbocycles. The Morgan fingerprint density at radius 3 is 1.25 bits per heavy atom. The molecule has 0 aromatic rings. The zero-order valence-corrected chi connectivity index (χ0v) is 44.9. The second-order valence-electron chi connectivity index (χ2n) is 19.5. The van der Waals surface area contributed by atoms with Crippen molar-refractivity contribution in [1.82, 2.24) is 0 Å². The molecule has 0 aliphatic rings. The van der Waals surface area contributed by atoms with E-state index >= 15 is 0 Å². The van der Waals surface area contributed by atoms with Crippen molar-refractivity contribution in [2.24, 2.45) is 0 Å². The van der Waals surface area contributed by atoms with Crippen molar-refractivity contribution in [2.75, 3.05) is 47.5 Å². The maximum Gasteiger partial charge on any atom is 0.306 e. The molecule has 9 nitrogen and oxygen atoms in total. The van der Waals surface area contributed by atoms with Crippen LogP contribution in [-0.4, -0.2) is 82.3 Å². The van der Waals surface area contributed by atoms with Crippen LogP contribution < -0.4 is 5.11 Å². The standard InChI is InChI=1S/C60H103NO8/c1-6-8-10-12-14-16-18-20-21-22-23-24-25-26-27-28-29-30-31-32-33-34-35-36-37-39-41-43-45-47-49-51-58(63)69-56(55-68-60(59(64)65)66-53-52-61(3,4)5)54-67-57(62)50-48-46-44-42-40-38-19-17-15-13-11-9-7-2/h8,10,14,16-17,19-21,23-24,26-27,29-30,56,60H,6-7,9,11-13,15,18,22,25,28,31-55H2,1-5H3/b10-8-,16-14-,19-17-,21-20-,24-23-,27-26-,30-29-. The normalized spacial score (nSPS) is 13.5. The predicted molar refractivity (Wildman–Crippen MR) is 288 cm³/mol. The Kier molecular flexibility index (Phi) is 48.2. The number of esters is 2. The number of rotatable bonds is 50. The van der Waals surface area contributed by atoms with Crippen LogP contribution in [0.15, 0.2) is 85.1 Å². The van der Waals surface area contributed by atoms with Gasteiger partial charge in [0, 0.05) is 12.8 Å². The first-order valence-corrected chi connectivity index (χ1v) is 27.7. The van der Waals surface area contributed by atoms with Crippen LogP contribution in [-0.2, 0) is 33.3 Å². The van der Waals surface area contributed by atoms with E-state index in [9.17, 15) is 19.5 Å². The van der Waals surface area contributed by atoms with Crippen LogP contribution in [0.5, 0.6) is 0 Å². The number of carboxylic acids is 1. The van der Waals surface area contributed by atoms with Gasteiger partial charge >= 0.3 is 11.9 Å². The quantitative estimate of drug-likeness (QED) is 0.0195. The summed E-state index contributed by atoms with van der Waals surface area (Å²) < 4.78 is 22.6. The number of quaternary nitrogens is 1. The number of allylic oxidation sites excluding steroid dienone is 14. The Morgan fingerprint density at radius 2 is 0.826 bits per heavy atom. The summed E-state index contributed by atoms with van der Waals surface area (Å²) in [6, 6.07) is 0. The zero-order valence-electron chi connectivity index (χ0n) is 44.9. The highest BCUT2D eigenvalue weighted by molar-refractivity contribution is 5.70. The van der Waals surface area contributed by atoms with E-state index in [4.69, 9.17) is 18.9 Å². The molecule has 0 spiro atoms. The molecule has 2 atom stereocenters. The summed E-state index contributed by atoms with van der Waals surface area (Å²) in [5, 5.41) is 11.7. The minimum absolute atomic E-state index is 0.143. The number of carbonyl (C=O) groups excluding carboxylic acids is 3. The largest absolute Gasteiger partial charge is 0.545 e. The molecule has 0 saturated heterocycles. The van der Waals surface area contributed by atoms with E-state index in [-0.39, 0.29) is 38.6 Å². The van der Waals surface area contributed by atoms with Crippen molar-refractivity contribution in [3.05, 3.63) is 85.1 Å². The molecule has 0 aromatic carbocycles. The van der Waals surface area contributed by atoms with E-state index < -0.39 is 24.3 Å². The third kappa shape index (κ3) is 52.1. The van der Waals surface area contributed by atoms with Crippen LogP contribution >= 0.6 is 0 Å². The van der Waals surface area contributed by atoms with Gasteiger partial charge in [-0.3, -0.25) is 9.59 Å². The Bertz CT molecular complexity index is 1400. The molecular weight excluding hydrogens is 863 g/mol. The molecule has 396 valence electrons. The monoisotopic (exact) mass is 966 g/mol. The van der Waals surface area contributed by atoms with Gasteiger partial charge in [-0.2, -0.15) is 0 Å². The maximum absolute atomic E-state index is 12.8. The molecular formula is C60H103NO8. The van der Waals surface area contributed by atoms with Crippen LogP contribution in [0.25, 0.3) is 0 Å². The highest BCUT2D eigenvalue weighted by atomic mass is 16.7. The molecule has 0 aliphatic carbocycles. The van der Waals surface area contributed by atoms with Crippen LogP contribution in [0.1, 0.15) is 219 Å². The van der Waals surface area contributed by atoms with Gasteiger partial charge in [0.2, 0.25) is 0 Å². The molecule has 0 heterocycles. The minimum Gasteiger partial charge on any atom is -0.545 e. The molecule has 0 aromatic heterocycles. The number of hydrogen-bond donors (Lipinski definition) is 0. The average molecular weight is 966 g/mol. The summed E-state index contributed by atoms with van der Waals surface area (Å²) in [5.41, 5.74) is 0. The fourth-order valence-electron chi connectivity index (χ4n) is 7.36. The number of aliphatic carboxylic acids is 1. The lowest BCUT2D eigenvalue weighted by Gasteiger charge is -2.26. The van der Waals surface area contributed by atoms with Crippen LogP contribution in [0.4, 0.5) is 0 Å². The van der Waals surface area contributed by atoms with Gasteiger partial charge in [0.05, 0.1) is 40.3 Å². The zero-order chi connectivity index (χ0) is 50.6. The summed E-state index contributed by atoms with van der Waals surface area (Å²) in [6.07, 6.45) is 63.4. The summed E-state index contributed by atoms with van der Waals surface area (Å²) >= 11 is 0. The van der Waals surface area contributed by atoms with Crippen molar-refractivity contribution >= 4 is 17.9 Å². The first-order valence-electron chi connectivity index (χ1n) is 27.7. The third-order valence-electron chi connectivity index (χ3n) is 11.6. The van der Waals surface area contributed by atoms with Crippen molar-refractivity contribution in [1.29, 1.82) is 0 Å². The van der Waals surface area contributed by atoms with Gasteiger partial charge in [-0.1, -0.05) is 202 Å². The maximum atomic E-state index is 12.8. The van der Waals surface area contributed by atoms with Gasteiger partial charge in [-0.25, -0.2) is 0 Å². The lowest BCUT2D eigenvalue weighted by atomic mass is 10.0. The molecule has 0 radical (unpaired) electrons. The molecule has 9 heteroatoms. The number of ether oxygens (including phenoxy) is 4. The van der Waals surface area contributed by atoms with Crippen LogP contribution in [0.2, 0.25) is 0 Å². The van der Waals surface area contributed by atoms with E-state index in [0.29, 0.717) is 17.4 Å². The molecule has 2 unspecified atom stereocenters. The van der Waals surface area contributed by atoms with Crippen LogP contribution in [0, 0.1) is 0 Å². The number of unbranched alkanes of at least 4 members (excludes halogenated alkanes) is 21. The molecule has 0 rings (SSSR count). The highest BCUT2D eigenvalue weighted by Gasteiger charge is 2.22. The molecule has 69 heavy (non-hydrogen) atoms. The Morgan fingerprint density at radius 1 is 0.449 bits per heavy atom. The third-order valence-corrected chi connectivity index (χ3v) is 11.6. The lowest BCUT2D eigenvalue weighted by Crippen LogP contribution is -2.44. The number of nitrogens with zero attached hydrogens (tertiary/aromatic N) is 1. The van der Waals surface area contributed by atoms with E-state index in [1.54, 1.807) is 0 Å². The Labute approximate surface area is 423 Å². The smallest absolute Gasteiger partial charge is 0.306 e. The second-order valence-corrected chi connectivity index (χ2v) is 19.5. The minimum atomic E-state index is -1.63. The predicted octanol–water partition coefficient (Wildman–Crippen LogP) is 14.7. The number of carboxylic acid groups (broad SMARTS) is 1. The first-order chi connectivity index (χ1) is 33.6. The highest BCUT2D eigenvalue weighted by Crippen LogP contribution is 2.15. The summed E-state index contributed by atoms with van der Waals surface area (Å²) in [4.78, 5) is 37.2. The molecule has 0 bridgehead atoms.